The average molecular weight is 348 g/mol. The van der Waals surface area contributed by atoms with Crippen molar-refractivity contribution in [3.63, 3.8) is 0 Å². The molecular formula is C15H14BrN3O2. The number of hydrogen-bond donors (Lipinski definition) is 1. The molecule has 0 aliphatic carbocycles. The Bertz CT molecular complexity index is 644. The first-order valence-electron chi connectivity index (χ1n) is 6.27. The molecule has 2 aromatic rings. The molecule has 0 bridgehead atoms. The highest BCUT2D eigenvalue weighted by Gasteiger charge is 2.03. The third-order valence-corrected chi connectivity index (χ3v) is 3.09. The fourth-order valence-corrected chi connectivity index (χ4v) is 1.90. The molecule has 0 aliphatic heterocycles. The van der Waals surface area contributed by atoms with Crippen LogP contribution in [0.25, 0.3) is 0 Å². The van der Waals surface area contributed by atoms with Crippen LogP contribution in [0.5, 0.6) is 5.75 Å². The fraction of sp³-hybridized carbons (Fsp3) is 0.133. The number of halogens is 1. The number of aromatic nitrogens is 1. The van der Waals surface area contributed by atoms with E-state index in [9.17, 15) is 4.79 Å². The van der Waals surface area contributed by atoms with E-state index in [0.717, 1.165) is 10.0 Å². The van der Waals surface area contributed by atoms with Crippen molar-refractivity contribution in [3.8, 4) is 5.75 Å². The van der Waals surface area contributed by atoms with Crippen LogP contribution in [-0.4, -0.2) is 23.2 Å². The van der Waals surface area contributed by atoms with E-state index >= 15 is 0 Å². The Morgan fingerprint density at radius 2 is 2.24 bits per heavy atom. The van der Waals surface area contributed by atoms with E-state index in [1.165, 1.54) is 0 Å². The van der Waals surface area contributed by atoms with Gasteiger partial charge in [-0.2, -0.15) is 5.10 Å². The lowest BCUT2D eigenvalue weighted by Crippen LogP contribution is -2.25. The van der Waals surface area contributed by atoms with E-state index in [-0.39, 0.29) is 12.5 Å². The summed E-state index contributed by atoms with van der Waals surface area (Å²) in [6.07, 6.45) is 3.37. The van der Waals surface area contributed by atoms with Crippen molar-refractivity contribution in [1.29, 1.82) is 0 Å². The predicted molar refractivity (Wildman–Crippen MR) is 84.2 cm³/mol. The predicted octanol–water partition coefficient (Wildman–Crippen LogP) is 2.76. The molecule has 5 nitrogen and oxygen atoms in total. The Kier molecular flexibility index (Phi) is 5.45. The Hall–Kier alpha value is -2.21. The normalized spacial score (nSPS) is 11.0. The molecule has 1 N–H and O–H groups in total. The lowest BCUT2D eigenvalue weighted by atomic mass is 10.2. The number of carbonyl (C=O) groups excluding carboxylic acids is 1. The average Bonchev–Trinajstić information content (AvgIpc) is 2.51. The van der Waals surface area contributed by atoms with Crippen LogP contribution in [0.4, 0.5) is 0 Å². The molecule has 0 saturated carbocycles. The molecule has 0 unspecified atom stereocenters. The second-order valence-corrected chi connectivity index (χ2v) is 5.14. The Morgan fingerprint density at radius 1 is 1.38 bits per heavy atom. The van der Waals surface area contributed by atoms with Gasteiger partial charge in [-0.1, -0.05) is 28.1 Å². The highest BCUT2D eigenvalue weighted by Crippen LogP contribution is 2.17. The summed E-state index contributed by atoms with van der Waals surface area (Å²) in [5.74, 6) is 0.297. The van der Waals surface area contributed by atoms with Gasteiger partial charge in [-0.15, -0.1) is 0 Å². The number of nitrogens with one attached hydrogen (secondary N) is 1. The Labute approximate surface area is 131 Å². The highest BCUT2D eigenvalue weighted by molar-refractivity contribution is 9.10. The molecule has 2 rings (SSSR count). The molecule has 0 fully saturated rings. The van der Waals surface area contributed by atoms with E-state index in [2.05, 4.69) is 31.4 Å². The molecule has 1 heterocycles. The van der Waals surface area contributed by atoms with Gasteiger partial charge in [-0.25, -0.2) is 5.43 Å². The number of rotatable bonds is 5. The van der Waals surface area contributed by atoms with Crippen molar-refractivity contribution in [2.75, 3.05) is 6.61 Å². The van der Waals surface area contributed by atoms with Crippen LogP contribution in [-0.2, 0) is 4.79 Å². The number of nitrogens with zero attached hydrogens (tertiary/aromatic N) is 2. The van der Waals surface area contributed by atoms with E-state index < -0.39 is 0 Å². The summed E-state index contributed by atoms with van der Waals surface area (Å²) < 4.78 is 6.26. The standard InChI is InChI=1S/C15H14BrN3O2/c1-11(12-4-3-7-17-9-12)18-19-15(20)10-21-14-6-2-5-13(16)8-14/h2-9H,10H2,1H3,(H,19,20)/b18-11-. The minimum atomic E-state index is -0.321. The molecular weight excluding hydrogens is 334 g/mol. The molecule has 21 heavy (non-hydrogen) atoms. The van der Waals surface area contributed by atoms with Gasteiger partial charge in [0.05, 0.1) is 5.71 Å². The number of pyridine rings is 1. The largest absolute Gasteiger partial charge is 0.484 e. The van der Waals surface area contributed by atoms with Gasteiger partial charge in [0.25, 0.3) is 5.91 Å². The molecule has 1 amide bonds. The van der Waals surface area contributed by atoms with E-state index in [4.69, 9.17) is 4.74 Å². The second-order valence-electron chi connectivity index (χ2n) is 4.22. The number of hydrogen-bond acceptors (Lipinski definition) is 4. The maximum Gasteiger partial charge on any atom is 0.277 e. The molecule has 108 valence electrons. The van der Waals surface area contributed by atoms with E-state index in [1.54, 1.807) is 31.5 Å². The summed E-state index contributed by atoms with van der Waals surface area (Å²) >= 11 is 3.34. The van der Waals surface area contributed by atoms with E-state index in [0.29, 0.717) is 11.5 Å². The molecule has 0 saturated heterocycles. The van der Waals surface area contributed by atoms with Crippen molar-refractivity contribution >= 4 is 27.5 Å². The van der Waals surface area contributed by atoms with E-state index in [1.807, 2.05) is 24.3 Å². The topological polar surface area (TPSA) is 63.6 Å². The second kappa shape index (κ2) is 7.54. The highest BCUT2D eigenvalue weighted by atomic mass is 79.9. The summed E-state index contributed by atoms with van der Waals surface area (Å²) in [4.78, 5) is 15.7. The minimum Gasteiger partial charge on any atom is -0.484 e. The number of carbonyl (C=O) groups is 1. The smallest absolute Gasteiger partial charge is 0.277 e. The van der Waals surface area contributed by atoms with Crippen LogP contribution < -0.4 is 10.2 Å². The van der Waals surface area contributed by atoms with Crippen LogP contribution in [0.15, 0.2) is 58.4 Å². The van der Waals surface area contributed by atoms with Crippen molar-refractivity contribution in [2.24, 2.45) is 5.10 Å². The van der Waals surface area contributed by atoms with Crippen LogP contribution in [0, 0.1) is 0 Å². The van der Waals surface area contributed by atoms with Gasteiger partial charge >= 0.3 is 0 Å². The molecule has 1 aromatic carbocycles. The van der Waals surface area contributed by atoms with Crippen molar-refractivity contribution in [1.82, 2.24) is 10.4 Å². The van der Waals surface area contributed by atoms with Gasteiger partial charge in [0, 0.05) is 22.4 Å². The van der Waals surface area contributed by atoms with Crippen LogP contribution in [0.3, 0.4) is 0 Å². The SMILES string of the molecule is C/C(=N/NC(=O)COc1cccc(Br)c1)c1cccnc1. The molecule has 1 aromatic heterocycles. The van der Waals surface area contributed by atoms with Gasteiger partial charge < -0.3 is 4.74 Å². The summed E-state index contributed by atoms with van der Waals surface area (Å²) in [6, 6.07) is 11.0. The number of amides is 1. The minimum absolute atomic E-state index is 0.0970. The first-order valence-corrected chi connectivity index (χ1v) is 7.06. The van der Waals surface area contributed by atoms with Crippen molar-refractivity contribution in [3.05, 3.63) is 58.8 Å². The summed E-state index contributed by atoms with van der Waals surface area (Å²) in [5, 5.41) is 4.01. The summed E-state index contributed by atoms with van der Waals surface area (Å²) in [5.41, 5.74) is 3.98. The maximum absolute atomic E-state index is 11.7. The van der Waals surface area contributed by atoms with Crippen molar-refractivity contribution in [2.45, 2.75) is 6.92 Å². The van der Waals surface area contributed by atoms with Gasteiger partial charge in [0.2, 0.25) is 0 Å². The van der Waals surface area contributed by atoms with Gasteiger partial charge in [0.1, 0.15) is 5.75 Å². The Balaban J connectivity index is 1.85. The quantitative estimate of drug-likeness (QED) is 0.668. The number of hydrazone groups is 1. The number of ether oxygens (including phenoxy) is 1. The van der Waals surface area contributed by atoms with Crippen LogP contribution in [0.2, 0.25) is 0 Å². The lowest BCUT2D eigenvalue weighted by Gasteiger charge is -2.06. The lowest BCUT2D eigenvalue weighted by molar-refractivity contribution is -0.123. The van der Waals surface area contributed by atoms with Crippen LogP contribution >= 0.6 is 15.9 Å². The molecule has 0 radical (unpaired) electrons. The fourth-order valence-electron chi connectivity index (χ4n) is 1.53. The third-order valence-electron chi connectivity index (χ3n) is 2.59. The van der Waals surface area contributed by atoms with Gasteiger partial charge in [-0.05, 0) is 31.2 Å². The monoisotopic (exact) mass is 347 g/mol. The van der Waals surface area contributed by atoms with Gasteiger partial charge in [-0.3, -0.25) is 9.78 Å². The maximum atomic E-state index is 11.7. The number of benzene rings is 1. The van der Waals surface area contributed by atoms with Crippen molar-refractivity contribution < 1.29 is 9.53 Å². The zero-order chi connectivity index (χ0) is 15.1. The van der Waals surface area contributed by atoms with Crippen LogP contribution in [0.1, 0.15) is 12.5 Å². The molecule has 0 aliphatic rings. The molecule has 6 heteroatoms. The molecule has 0 atom stereocenters. The first kappa shape index (κ1) is 15.2. The Morgan fingerprint density at radius 3 is 2.95 bits per heavy atom. The third kappa shape index (κ3) is 5.00. The molecule has 0 spiro atoms. The zero-order valence-corrected chi connectivity index (χ0v) is 13.0. The first-order chi connectivity index (χ1) is 10.1. The zero-order valence-electron chi connectivity index (χ0n) is 11.4. The summed E-state index contributed by atoms with van der Waals surface area (Å²) in [6.45, 7) is 1.70. The summed E-state index contributed by atoms with van der Waals surface area (Å²) in [7, 11) is 0. The van der Waals surface area contributed by atoms with Gasteiger partial charge in [0.15, 0.2) is 6.61 Å².